The highest BCUT2D eigenvalue weighted by molar-refractivity contribution is 14.1. The number of fused-ring (bicyclic) bond motifs is 2. The summed E-state index contributed by atoms with van der Waals surface area (Å²) in [7, 11) is 0. The molecule has 18 nitrogen and oxygen atoms in total. The highest BCUT2D eigenvalue weighted by Gasteiger charge is 2.25. The summed E-state index contributed by atoms with van der Waals surface area (Å²) in [5.74, 6) is -2.72. The summed E-state index contributed by atoms with van der Waals surface area (Å²) < 4.78 is 44.6. The second-order valence-corrected chi connectivity index (χ2v) is 18.8. The van der Waals surface area contributed by atoms with Gasteiger partial charge in [0.15, 0.2) is 53.0 Å². The number of hydrogen-bond acceptors (Lipinski definition) is 14. The maximum atomic E-state index is 12.8. The molecule has 3 rings (SSSR count). The fourth-order valence-corrected chi connectivity index (χ4v) is 5.61. The Morgan fingerprint density at radius 1 is 0.500 bits per heavy atom. The van der Waals surface area contributed by atoms with E-state index < -0.39 is 70.7 Å². The van der Waals surface area contributed by atoms with Crippen LogP contribution in [0.15, 0.2) is 34.5 Å². The minimum atomic E-state index is -0.839. The van der Waals surface area contributed by atoms with E-state index in [1.165, 1.54) is 24.3 Å². The number of esters is 4. The van der Waals surface area contributed by atoms with Crippen molar-refractivity contribution < 1.29 is 57.1 Å². The largest absolute Gasteiger partial charge is 0.478 e. The first kappa shape index (κ1) is 47.0. The Hall–Kier alpha value is -5.39. The Labute approximate surface area is 349 Å². The van der Waals surface area contributed by atoms with Crippen LogP contribution in [0.2, 0.25) is 0 Å². The summed E-state index contributed by atoms with van der Waals surface area (Å²) >= 11 is 1.95. The molecule has 58 heavy (non-hydrogen) atoms. The maximum Gasteiger partial charge on any atom is 0.345 e. The molecule has 0 aliphatic heterocycles. The second-order valence-electron chi connectivity index (χ2n) is 16.2. The molecule has 3 aromatic rings. The van der Waals surface area contributed by atoms with Crippen LogP contribution < -0.4 is 18.9 Å². The molecule has 19 heteroatoms. The first-order valence-electron chi connectivity index (χ1n) is 18.0. The SMILES string of the molecule is CC(C)(C)OC(=O)COc1cc2c(CN=[N+]=[N-])c3cc(OCC(=O)OC(C)(C)C)c(OCC(=O)OC(C)(C)I)cc3c(CN=[N+]=[N-])c2cc1OCC(=O)OC(C)(C)C. The number of azide groups is 2. The van der Waals surface area contributed by atoms with Crippen LogP contribution in [0, 0.1) is 0 Å². The molecule has 3 aromatic carbocycles. The van der Waals surface area contributed by atoms with Crippen molar-refractivity contribution in [2.24, 2.45) is 10.2 Å². The van der Waals surface area contributed by atoms with E-state index in [0.717, 1.165) is 0 Å². The van der Waals surface area contributed by atoms with E-state index >= 15 is 0 Å². The number of hydrogen-bond donors (Lipinski definition) is 0. The van der Waals surface area contributed by atoms with Gasteiger partial charge in [-0.25, -0.2) is 19.2 Å². The number of nitrogens with zero attached hydrogens (tertiary/aromatic N) is 6. The molecule has 0 amide bonds. The minimum absolute atomic E-state index is 0.00857. The normalized spacial score (nSPS) is 11.8. The van der Waals surface area contributed by atoms with Crippen molar-refractivity contribution in [3.05, 3.63) is 56.3 Å². The Morgan fingerprint density at radius 2 is 0.741 bits per heavy atom. The van der Waals surface area contributed by atoms with Crippen LogP contribution in [0.5, 0.6) is 23.0 Å². The predicted octanol–water partition coefficient (Wildman–Crippen LogP) is 8.87. The van der Waals surface area contributed by atoms with Gasteiger partial charge in [-0.2, -0.15) is 0 Å². The van der Waals surface area contributed by atoms with E-state index in [0.29, 0.717) is 32.7 Å². The average Bonchev–Trinajstić information content (AvgIpc) is 3.06. The molecule has 0 bridgehead atoms. The van der Waals surface area contributed by atoms with Crippen LogP contribution in [0.3, 0.4) is 0 Å². The molecule has 0 saturated carbocycles. The van der Waals surface area contributed by atoms with Gasteiger partial charge < -0.3 is 37.9 Å². The standard InChI is InChI=1S/C39H49IN6O12/c1-36(2,3)55-32(47)18-51-28-12-22-23(13-29(28)52-19-33(48)56-37(4,5)6)27(17-44-46-42)25-15-31(54-21-35(50)58-39(10,11)40)30(14-24(25)26(22)16-43-45-41)53-20-34(49)57-38(7,8)9/h12-15H,16-21H2,1-11H3. The van der Waals surface area contributed by atoms with Gasteiger partial charge in [-0.3, -0.25) is 0 Å². The summed E-state index contributed by atoms with van der Waals surface area (Å²) in [5, 5.41) is 9.31. The van der Waals surface area contributed by atoms with E-state index in [1.54, 1.807) is 76.2 Å². The molecule has 0 aliphatic carbocycles. The van der Waals surface area contributed by atoms with Crippen LogP contribution in [0.1, 0.15) is 87.3 Å². The quantitative estimate of drug-likeness (QED) is 0.0180. The highest BCUT2D eigenvalue weighted by Crippen LogP contribution is 2.44. The fourth-order valence-electron chi connectivity index (χ4n) is 5.37. The Morgan fingerprint density at radius 3 is 0.948 bits per heavy atom. The van der Waals surface area contributed by atoms with Crippen LogP contribution >= 0.6 is 22.6 Å². The first-order chi connectivity index (χ1) is 26.8. The van der Waals surface area contributed by atoms with Gasteiger partial charge in [-0.15, -0.1) is 0 Å². The van der Waals surface area contributed by atoms with Crippen molar-refractivity contribution in [3.8, 4) is 23.0 Å². The molecule has 0 saturated heterocycles. The van der Waals surface area contributed by atoms with Crippen molar-refractivity contribution in [1.82, 2.24) is 0 Å². The van der Waals surface area contributed by atoms with E-state index in [2.05, 4.69) is 20.1 Å². The van der Waals surface area contributed by atoms with Gasteiger partial charge >= 0.3 is 23.9 Å². The monoisotopic (exact) mass is 920 g/mol. The van der Waals surface area contributed by atoms with Gasteiger partial charge in [0.1, 0.15) is 16.8 Å². The number of ether oxygens (including phenoxy) is 8. The van der Waals surface area contributed by atoms with Gasteiger partial charge in [-0.1, -0.05) is 10.2 Å². The van der Waals surface area contributed by atoms with E-state index in [9.17, 15) is 30.2 Å². The molecule has 0 spiro atoms. The Bertz CT molecular complexity index is 1860. The van der Waals surface area contributed by atoms with Crippen molar-refractivity contribution in [3.63, 3.8) is 0 Å². The number of rotatable bonds is 17. The fraction of sp³-hybridized carbons (Fsp3) is 0.538. The van der Waals surface area contributed by atoms with Gasteiger partial charge in [-0.05, 0) is 167 Å². The highest BCUT2D eigenvalue weighted by atomic mass is 127. The van der Waals surface area contributed by atoms with Crippen molar-refractivity contribution in [2.45, 2.75) is 110 Å². The molecule has 0 fully saturated rings. The zero-order valence-corrected chi connectivity index (χ0v) is 36.7. The summed E-state index contributed by atoms with van der Waals surface area (Å²) in [6.45, 7) is 16.0. The molecule has 0 aliphatic rings. The van der Waals surface area contributed by atoms with Gasteiger partial charge in [0, 0.05) is 9.82 Å². The topological polar surface area (TPSA) is 240 Å². The molecule has 0 atom stereocenters. The van der Waals surface area contributed by atoms with Crippen LogP contribution in [-0.4, -0.2) is 70.7 Å². The molecule has 0 N–H and O–H groups in total. The molecular weight excluding hydrogens is 871 g/mol. The van der Waals surface area contributed by atoms with Crippen LogP contribution in [-0.2, 0) is 51.2 Å². The van der Waals surface area contributed by atoms with E-state index in [4.69, 9.17) is 37.9 Å². The third-order valence-corrected chi connectivity index (χ3v) is 7.27. The maximum absolute atomic E-state index is 12.8. The summed E-state index contributed by atoms with van der Waals surface area (Å²) in [4.78, 5) is 56.9. The average molecular weight is 921 g/mol. The van der Waals surface area contributed by atoms with E-state index in [1.807, 2.05) is 22.6 Å². The summed E-state index contributed by atoms with van der Waals surface area (Å²) in [5.41, 5.74) is 17.3. The number of alkyl halides is 1. The lowest BCUT2D eigenvalue weighted by Gasteiger charge is -2.23. The number of carbonyl (C=O) groups is 4. The number of halogens is 1. The smallest absolute Gasteiger partial charge is 0.345 e. The Kier molecular flexibility index (Phi) is 15.7. The predicted molar refractivity (Wildman–Crippen MR) is 221 cm³/mol. The lowest BCUT2D eigenvalue weighted by atomic mass is 9.90. The molecule has 0 unspecified atom stereocenters. The summed E-state index contributed by atoms with van der Waals surface area (Å²) in [6.07, 6.45) is 0. The first-order valence-corrected chi connectivity index (χ1v) is 19.1. The molecule has 0 heterocycles. The zero-order chi connectivity index (χ0) is 43.6. The van der Waals surface area contributed by atoms with Gasteiger partial charge in [0.05, 0.1) is 13.1 Å². The number of carbonyl (C=O) groups excluding carboxylic acids is 4. The molecular formula is C39H49IN6O12. The second kappa shape index (κ2) is 19.4. The van der Waals surface area contributed by atoms with Crippen LogP contribution in [0.25, 0.3) is 42.4 Å². The lowest BCUT2D eigenvalue weighted by Crippen LogP contribution is -2.28. The molecule has 314 valence electrons. The zero-order valence-electron chi connectivity index (χ0n) is 34.5. The van der Waals surface area contributed by atoms with E-state index in [-0.39, 0.29) is 36.1 Å². The Balaban J connectivity index is 2.40. The number of benzene rings is 3. The van der Waals surface area contributed by atoms with Crippen molar-refractivity contribution in [2.75, 3.05) is 26.4 Å². The van der Waals surface area contributed by atoms with Gasteiger partial charge in [0.25, 0.3) is 0 Å². The van der Waals surface area contributed by atoms with Crippen LogP contribution in [0.4, 0.5) is 0 Å². The summed E-state index contributed by atoms with van der Waals surface area (Å²) in [6, 6.07) is 6.10. The lowest BCUT2D eigenvalue weighted by molar-refractivity contribution is -0.158. The molecule has 0 aromatic heterocycles. The van der Waals surface area contributed by atoms with Gasteiger partial charge in [0.2, 0.25) is 0 Å². The minimum Gasteiger partial charge on any atom is -0.478 e. The third-order valence-electron chi connectivity index (χ3n) is 7.05. The molecule has 0 radical (unpaired) electrons. The van der Waals surface area contributed by atoms with Crippen molar-refractivity contribution in [1.29, 1.82) is 0 Å². The van der Waals surface area contributed by atoms with Crippen molar-refractivity contribution >= 4 is 68.0 Å². The third kappa shape index (κ3) is 15.2.